The lowest BCUT2D eigenvalue weighted by Gasteiger charge is -2.17. The Morgan fingerprint density at radius 3 is 1.88 bits per heavy atom. The van der Waals surface area contributed by atoms with Crippen molar-refractivity contribution in [3.05, 3.63) is 41.5 Å². The molecule has 0 atom stereocenters. The Balaban J connectivity index is 0.00000512. The highest BCUT2D eigenvalue weighted by molar-refractivity contribution is 14.0. The van der Waals surface area contributed by atoms with Crippen molar-refractivity contribution in [2.24, 2.45) is 4.99 Å². The molecule has 0 saturated heterocycles. The van der Waals surface area contributed by atoms with Gasteiger partial charge in [0.2, 0.25) is 0 Å². The summed E-state index contributed by atoms with van der Waals surface area (Å²) in [6, 6.07) is 8.14. The van der Waals surface area contributed by atoms with E-state index in [2.05, 4.69) is 20.4 Å². The average Bonchev–Trinajstić information content (AvgIpc) is 2.78. The largest absolute Gasteiger partial charge is 0.497 e. The molecule has 11 heteroatoms. The van der Waals surface area contributed by atoms with Gasteiger partial charge in [0, 0.05) is 37.3 Å². The summed E-state index contributed by atoms with van der Waals surface area (Å²) >= 11 is 0. The zero-order chi connectivity index (χ0) is 22.8. The van der Waals surface area contributed by atoms with Crippen molar-refractivity contribution in [2.45, 2.75) is 19.7 Å². The number of halogens is 3. The fraction of sp³-hybridized carbons (Fsp3) is 0.381. The van der Waals surface area contributed by atoms with Crippen molar-refractivity contribution in [1.82, 2.24) is 10.6 Å². The van der Waals surface area contributed by atoms with Gasteiger partial charge in [-0.05, 0) is 24.3 Å². The SMILES string of the molecule is CN=C(NCc1cc(OC)c(OC)cc1OC)NCc1cc(OC)ccc1OC(F)F.I. The number of rotatable bonds is 10. The molecule has 2 aromatic carbocycles. The fourth-order valence-electron chi connectivity index (χ4n) is 2.84. The minimum absolute atomic E-state index is 0. The molecule has 0 spiro atoms. The first kappa shape index (κ1) is 27.3. The van der Waals surface area contributed by atoms with Crippen molar-refractivity contribution in [1.29, 1.82) is 0 Å². The minimum atomic E-state index is -2.93. The van der Waals surface area contributed by atoms with E-state index < -0.39 is 6.61 Å². The number of hydrogen-bond acceptors (Lipinski definition) is 6. The van der Waals surface area contributed by atoms with E-state index in [1.165, 1.54) is 13.2 Å². The Morgan fingerprint density at radius 2 is 1.38 bits per heavy atom. The average molecular weight is 567 g/mol. The van der Waals surface area contributed by atoms with Crippen LogP contribution in [0.1, 0.15) is 11.1 Å². The van der Waals surface area contributed by atoms with E-state index in [1.807, 2.05) is 0 Å². The van der Waals surface area contributed by atoms with Crippen molar-refractivity contribution in [3.63, 3.8) is 0 Å². The first-order valence-corrected chi connectivity index (χ1v) is 9.30. The number of aliphatic imine (C=N–C) groups is 1. The molecule has 0 heterocycles. The van der Waals surface area contributed by atoms with Gasteiger partial charge in [-0.15, -0.1) is 24.0 Å². The minimum Gasteiger partial charge on any atom is -0.497 e. The molecular formula is C21H28F2IN3O5. The van der Waals surface area contributed by atoms with Crippen molar-refractivity contribution >= 4 is 29.9 Å². The Morgan fingerprint density at radius 1 is 0.812 bits per heavy atom. The molecule has 0 saturated carbocycles. The van der Waals surface area contributed by atoms with Crippen LogP contribution < -0.4 is 34.3 Å². The first-order valence-electron chi connectivity index (χ1n) is 9.30. The van der Waals surface area contributed by atoms with Crippen molar-refractivity contribution in [3.8, 4) is 28.7 Å². The lowest BCUT2D eigenvalue weighted by molar-refractivity contribution is -0.0505. The van der Waals surface area contributed by atoms with Gasteiger partial charge in [0.1, 0.15) is 17.2 Å². The highest BCUT2D eigenvalue weighted by Crippen LogP contribution is 2.34. The van der Waals surface area contributed by atoms with Crippen LogP contribution >= 0.6 is 24.0 Å². The van der Waals surface area contributed by atoms with Gasteiger partial charge in [0.25, 0.3) is 0 Å². The Kier molecular flexibility index (Phi) is 11.7. The summed E-state index contributed by atoms with van der Waals surface area (Å²) in [7, 11) is 7.76. The van der Waals surface area contributed by atoms with Crippen LogP contribution in [0.4, 0.5) is 8.78 Å². The van der Waals surface area contributed by atoms with Gasteiger partial charge in [0.05, 0.1) is 28.4 Å². The molecule has 0 bridgehead atoms. The molecule has 0 aromatic heterocycles. The van der Waals surface area contributed by atoms with Crippen LogP contribution in [-0.2, 0) is 13.1 Å². The molecule has 32 heavy (non-hydrogen) atoms. The van der Waals surface area contributed by atoms with E-state index in [0.29, 0.717) is 41.1 Å². The predicted octanol–water partition coefficient (Wildman–Crippen LogP) is 3.81. The number of guanidine groups is 1. The van der Waals surface area contributed by atoms with Crippen molar-refractivity contribution in [2.75, 3.05) is 35.5 Å². The molecule has 2 rings (SSSR count). The van der Waals surface area contributed by atoms with Gasteiger partial charge in [-0.1, -0.05) is 0 Å². The summed E-state index contributed by atoms with van der Waals surface area (Å²) in [6.45, 7) is -2.38. The molecule has 178 valence electrons. The molecular weight excluding hydrogens is 539 g/mol. The van der Waals surface area contributed by atoms with E-state index >= 15 is 0 Å². The summed E-state index contributed by atoms with van der Waals surface area (Å²) in [6.07, 6.45) is 0. The van der Waals surface area contributed by atoms with Gasteiger partial charge in [-0.25, -0.2) is 0 Å². The highest BCUT2D eigenvalue weighted by atomic mass is 127. The zero-order valence-corrected chi connectivity index (χ0v) is 20.9. The maximum Gasteiger partial charge on any atom is 0.387 e. The maximum absolute atomic E-state index is 12.7. The number of hydrogen-bond donors (Lipinski definition) is 2. The molecule has 2 N–H and O–H groups in total. The number of ether oxygens (including phenoxy) is 5. The van der Waals surface area contributed by atoms with Gasteiger partial charge >= 0.3 is 6.61 Å². The Labute approximate surface area is 203 Å². The molecule has 0 amide bonds. The molecule has 8 nitrogen and oxygen atoms in total. The lowest BCUT2D eigenvalue weighted by atomic mass is 10.1. The van der Waals surface area contributed by atoms with E-state index in [0.717, 1.165) is 5.56 Å². The lowest BCUT2D eigenvalue weighted by Crippen LogP contribution is -2.36. The van der Waals surface area contributed by atoms with Gasteiger partial charge in [-0.2, -0.15) is 8.78 Å². The maximum atomic E-state index is 12.7. The topological polar surface area (TPSA) is 82.6 Å². The van der Waals surface area contributed by atoms with Crippen LogP contribution in [0.3, 0.4) is 0 Å². The van der Waals surface area contributed by atoms with Crippen LogP contribution in [0.15, 0.2) is 35.3 Å². The van der Waals surface area contributed by atoms with Crippen LogP contribution in [0.2, 0.25) is 0 Å². The number of alkyl halides is 2. The summed E-state index contributed by atoms with van der Waals surface area (Å²) in [5.41, 5.74) is 1.30. The monoisotopic (exact) mass is 567 g/mol. The van der Waals surface area contributed by atoms with Crippen LogP contribution in [0.5, 0.6) is 28.7 Å². The second kappa shape index (κ2) is 13.7. The highest BCUT2D eigenvalue weighted by Gasteiger charge is 2.14. The number of nitrogens with zero attached hydrogens (tertiary/aromatic N) is 1. The Hall–Kier alpha value is -2.70. The molecule has 0 radical (unpaired) electrons. The molecule has 0 aliphatic rings. The smallest absolute Gasteiger partial charge is 0.387 e. The third-order valence-corrected chi connectivity index (χ3v) is 4.39. The second-order valence-electron chi connectivity index (χ2n) is 6.15. The summed E-state index contributed by atoms with van der Waals surface area (Å²) in [5, 5.41) is 6.22. The van der Waals surface area contributed by atoms with E-state index in [-0.39, 0.29) is 36.3 Å². The first-order chi connectivity index (χ1) is 14.9. The van der Waals surface area contributed by atoms with Crippen LogP contribution in [0.25, 0.3) is 0 Å². The van der Waals surface area contributed by atoms with Crippen LogP contribution in [-0.4, -0.2) is 48.1 Å². The number of methoxy groups -OCH3 is 4. The van der Waals surface area contributed by atoms with Gasteiger partial charge < -0.3 is 34.3 Å². The van der Waals surface area contributed by atoms with Crippen molar-refractivity contribution < 1.29 is 32.5 Å². The molecule has 0 aliphatic heterocycles. The third kappa shape index (κ3) is 7.46. The van der Waals surface area contributed by atoms with Gasteiger partial charge in [0.15, 0.2) is 17.5 Å². The summed E-state index contributed by atoms with van der Waals surface area (Å²) in [4.78, 5) is 4.16. The molecule has 0 unspecified atom stereocenters. The van der Waals surface area contributed by atoms with Gasteiger partial charge in [-0.3, -0.25) is 4.99 Å². The number of benzene rings is 2. The van der Waals surface area contributed by atoms with E-state index in [4.69, 9.17) is 18.9 Å². The molecule has 2 aromatic rings. The Bertz CT molecular complexity index is 900. The zero-order valence-electron chi connectivity index (χ0n) is 18.5. The third-order valence-electron chi connectivity index (χ3n) is 4.39. The summed E-state index contributed by atoms with van der Waals surface area (Å²) < 4.78 is 51.2. The quantitative estimate of drug-likeness (QED) is 0.257. The summed E-state index contributed by atoms with van der Waals surface area (Å²) in [5.74, 6) is 2.75. The number of nitrogens with one attached hydrogen (secondary N) is 2. The van der Waals surface area contributed by atoms with E-state index in [1.54, 1.807) is 52.6 Å². The molecule has 0 aliphatic carbocycles. The predicted molar refractivity (Wildman–Crippen MR) is 128 cm³/mol. The fourth-order valence-corrected chi connectivity index (χ4v) is 2.84. The second-order valence-corrected chi connectivity index (χ2v) is 6.15. The molecule has 0 fully saturated rings. The normalized spacial score (nSPS) is 10.8. The standard InChI is InChI=1S/C21H27F2N3O5.HI/c1-24-21(25-11-13-8-15(27-2)6-7-16(13)31-20(22)23)26-12-14-9-18(29-4)19(30-5)10-17(14)28-3;/h6-10,20H,11-12H2,1-5H3,(H2,24,25,26);1H. The van der Waals surface area contributed by atoms with Crippen LogP contribution in [0, 0.1) is 0 Å². The van der Waals surface area contributed by atoms with E-state index in [9.17, 15) is 8.78 Å².